The molecule has 1 amide bonds. The highest BCUT2D eigenvalue weighted by molar-refractivity contribution is 7.88. The minimum Gasteiger partial charge on any atom is -0.309 e. The molecule has 0 saturated heterocycles. The van der Waals surface area contributed by atoms with E-state index in [0.29, 0.717) is 11.7 Å². The monoisotopic (exact) mass is 448 g/mol. The number of halogens is 1. The van der Waals surface area contributed by atoms with Crippen molar-refractivity contribution in [3.63, 3.8) is 0 Å². The van der Waals surface area contributed by atoms with Crippen LogP contribution in [-0.2, 0) is 14.8 Å². The summed E-state index contributed by atoms with van der Waals surface area (Å²) in [5.74, 6) is -0.268. The Bertz CT molecular complexity index is 889. The van der Waals surface area contributed by atoms with Crippen LogP contribution >= 0.6 is 23.7 Å². The summed E-state index contributed by atoms with van der Waals surface area (Å²) in [5, 5.41) is 0.619. The van der Waals surface area contributed by atoms with Crippen molar-refractivity contribution in [2.75, 3.05) is 51.9 Å². The van der Waals surface area contributed by atoms with Gasteiger partial charge in [-0.3, -0.25) is 9.69 Å². The lowest BCUT2D eigenvalue weighted by atomic mass is 10.1. The average Bonchev–Trinajstić information content (AvgIpc) is 3.00. The van der Waals surface area contributed by atoms with Crippen LogP contribution in [0.1, 0.15) is 17.5 Å². The van der Waals surface area contributed by atoms with Gasteiger partial charge in [0, 0.05) is 13.6 Å². The zero-order chi connectivity index (χ0) is 20.4. The van der Waals surface area contributed by atoms with E-state index in [2.05, 4.69) is 11.0 Å². The molecule has 0 aliphatic heterocycles. The van der Waals surface area contributed by atoms with Crippen molar-refractivity contribution in [1.82, 2.24) is 14.2 Å². The van der Waals surface area contributed by atoms with Gasteiger partial charge in [0.1, 0.15) is 0 Å². The molecule has 1 aromatic heterocycles. The molecule has 0 fully saturated rings. The number of sulfonamides is 1. The summed E-state index contributed by atoms with van der Waals surface area (Å²) in [6.07, 6.45) is 1.87. The summed E-state index contributed by atoms with van der Waals surface area (Å²) in [5.41, 5.74) is 3.08. The number of hydrogen-bond acceptors (Lipinski definition) is 6. The fourth-order valence-corrected chi connectivity index (χ4v) is 4.13. The van der Waals surface area contributed by atoms with Crippen molar-refractivity contribution in [2.24, 2.45) is 0 Å². The van der Waals surface area contributed by atoms with Gasteiger partial charge < -0.3 is 4.90 Å². The third-order valence-electron chi connectivity index (χ3n) is 4.37. The molecule has 2 rings (SSSR count). The first-order valence-electron chi connectivity index (χ1n) is 8.74. The molecule has 2 aromatic rings. The van der Waals surface area contributed by atoms with Crippen molar-refractivity contribution in [3.05, 3.63) is 23.3 Å². The average molecular weight is 449 g/mol. The van der Waals surface area contributed by atoms with E-state index in [4.69, 9.17) is 4.98 Å². The molecule has 0 atom stereocenters. The largest absolute Gasteiger partial charge is 0.309 e. The zero-order valence-electron chi connectivity index (χ0n) is 17.2. The summed E-state index contributed by atoms with van der Waals surface area (Å²) in [7, 11) is 1.95. The van der Waals surface area contributed by atoms with E-state index in [9.17, 15) is 13.2 Å². The second-order valence-corrected chi connectivity index (χ2v) is 10.2. The van der Waals surface area contributed by atoms with Gasteiger partial charge >= 0.3 is 0 Å². The number of carbonyl (C=O) groups is 1. The number of benzene rings is 1. The van der Waals surface area contributed by atoms with Gasteiger partial charge in [0.05, 0.1) is 23.0 Å². The van der Waals surface area contributed by atoms with Crippen LogP contribution in [0.3, 0.4) is 0 Å². The number of carbonyl (C=O) groups excluding carboxylic acids is 1. The normalized spacial score (nSPS) is 11.9. The molecule has 0 N–H and O–H groups in total. The summed E-state index contributed by atoms with van der Waals surface area (Å²) in [6.45, 7) is 5.15. The highest BCUT2D eigenvalue weighted by atomic mass is 35.5. The molecule has 158 valence electrons. The molecule has 0 radical (unpaired) electrons. The topological polar surface area (TPSA) is 73.8 Å². The number of hydrogen-bond donors (Lipinski definition) is 0. The van der Waals surface area contributed by atoms with Crippen LogP contribution < -0.4 is 4.90 Å². The first-order chi connectivity index (χ1) is 12.5. The van der Waals surface area contributed by atoms with E-state index in [1.165, 1.54) is 18.4 Å². The molecular formula is C18H29ClN4O3S2. The molecule has 0 aliphatic rings. The molecule has 10 heteroatoms. The van der Waals surface area contributed by atoms with Crippen molar-refractivity contribution >= 4 is 55.0 Å². The Morgan fingerprint density at radius 2 is 1.71 bits per heavy atom. The summed E-state index contributed by atoms with van der Waals surface area (Å²) < 4.78 is 25.5. The lowest BCUT2D eigenvalue weighted by Crippen LogP contribution is -2.42. The van der Waals surface area contributed by atoms with E-state index >= 15 is 0 Å². The molecule has 0 bridgehead atoms. The first-order valence-corrected chi connectivity index (χ1v) is 11.4. The summed E-state index contributed by atoms with van der Waals surface area (Å²) in [4.78, 5) is 21.3. The van der Waals surface area contributed by atoms with E-state index < -0.39 is 10.0 Å². The molecular weight excluding hydrogens is 420 g/mol. The summed E-state index contributed by atoms with van der Waals surface area (Å²) in [6, 6.07) is 4.08. The number of anilines is 1. The van der Waals surface area contributed by atoms with Crippen LogP contribution in [0.25, 0.3) is 10.2 Å². The number of likely N-dealkylation sites (N-methyl/N-ethyl adjacent to an activating group) is 1. The lowest BCUT2D eigenvalue weighted by molar-refractivity contribution is -0.118. The van der Waals surface area contributed by atoms with Gasteiger partial charge in [-0.15, -0.1) is 12.4 Å². The number of amides is 1. The van der Waals surface area contributed by atoms with Gasteiger partial charge in [0.15, 0.2) is 5.13 Å². The third-order valence-corrected chi connectivity index (χ3v) is 6.85. The Morgan fingerprint density at radius 3 is 2.25 bits per heavy atom. The quantitative estimate of drug-likeness (QED) is 0.620. The van der Waals surface area contributed by atoms with E-state index in [1.807, 2.05) is 34.0 Å². The minimum atomic E-state index is -3.43. The van der Waals surface area contributed by atoms with Crippen LogP contribution in [-0.4, -0.2) is 75.5 Å². The van der Waals surface area contributed by atoms with Gasteiger partial charge in [0.2, 0.25) is 15.9 Å². The number of aromatic nitrogens is 1. The Morgan fingerprint density at radius 1 is 1.11 bits per heavy atom. The second-order valence-electron chi connectivity index (χ2n) is 7.09. The maximum absolute atomic E-state index is 12.9. The minimum absolute atomic E-state index is 0. The van der Waals surface area contributed by atoms with Gasteiger partial charge in [-0.05, 0) is 52.0 Å². The maximum Gasteiger partial charge on any atom is 0.244 e. The van der Waals surface area contributed by atoms with E-state index in [-0.39, 0.29) is 24.9 Å². The van der Waals surface area contributed by atoms with Gasteiger partial charge in [-0.2, -0.15) is 4.31 Å². The van der Waals surface area contributed by atoms with Crippen molar-refractivity contribution in [3.8, 4) is 0 Å². The van der Waals surface area contributed by atoms with Crippen molar-refractivity contribution in [1.29, 1.82) is 0 Å². The van der Waals surface area contributed by atoms with Gasteiger partial charge in [-0.1, -0.05) is 23.5 Å². The van der Waals surface area contributed by atoms with Crippen LogP contribution in [0.5, 0.6) is 0 Å². The predicted octanol–water partition coefficient (Wildman–Crippen LogP) is 2.51. The molecule has 28 heavy (non-hydrogen) atoms. The van der Waals surface area contributed by atoms with E-state index in [1.54, 1.807) is 4.90 Å². The molecule has 0 unspecified atom stereocenters. The molecule has 1 heterocycles. The van der Waals surface area contributed by atoms with Crippen molar-refractivity contribution < 1.29 is 13.2 Å². The highest BCUT2D eigenvalue weighted by Crippen LogP contribution is 2.33. The van der Waals surface area contributed by atoms with Gasteiger partial charge in [0.25, 0.3) is 0 Å². The Kier molecular flexibility index (Phi) is 8.83. The number of thiazole rings is 1. The lowest BCUT2D eigenvalue weighted by Gasteiger charge is -2.23. The molecule has 7 nitrogen and oxygen atoms in total. The molecule has 1 aromatic carbocycles. The number of nitrogens with zero attached hydrogens (tertiary/aromatic N) is 4. The number of rotatable bonds is 8. The first kappa shape index (κ1) is 24.8. The highest BCUT2D eigenvalue weighted by Gasteiger charge is 2.24. The SMILES string of the molecule is Cc1ccc(C)c2sc(N(CCCN(C)C)C(=O)CN(C)S(C)(=O)=O)nc12.Cl. The number of fused-ring (bicyclic) bond motifs is 1. The third kappa shape index (κ3) is 6.12. The zero-order valence-corrected chi connectivity index (χ0v) is 19.7. The van der Waals surface area contributed by atoms with Crippen LogP contribution in [0, 0.1) is 13.8 Å². The second kappa shape index (κ2) is 9.98. The van der Waals surface area contributed by atoms with E-state index in [0.717, 1.165) is 44.9 Å². The Hall–Kier alpha value is -1.26. The van der Waals surface area contributed by atoms with Gasteiger partial charge in [-0.25, -0.2) is 13.4 Å². The Balaban J connectivity index is 0.00000392. The fraction of sp³-hybridized carbons (Fsp3) is 0.556. The fourth-order valence-electron chi connectivity index (χ4n) is 2.63. The van der Waals surface area contributed by atoms with Crippen LogP contribution in [0.15, 0.2) is 12.1 Å². The molecule has 0 spiro atoms. The summed E-state index contributed by atoms with van der Waals surface area (Å²) >= 11 is 1.48. The van der Waals surface area contributed by atoms with Crippen molar-refractivity contribution in [2.45, 2.75) is 20.3 Å². The predicted molar refractivity (Wildman–Crippen MR) is 119 cm³/mol. The van der Waals surface area contributed by atoms with Crippen LogP contribution in [0.2, 0.25) is 0 Å². The maximum atomic E-state index is 12.9. The standard InChI is InChI=1S/C18H28N4O3S2.ClH/c1-13-8-9-14(2)17-16(13)19-18(26-17)22(11-7-10-20(3)4)15(23)12-21(5)27(6,24)25;/h8-9H,7,10-12H2,1-6H3;1H. The molecule has 0 saturated carbocycles. The smallest absolute Gasteiger partial charge is 0.244 e. The van der Waals surface area contributed by atoms with Crippen LogP contribution in [0.4, 0.5) is 5.13 Å². The number of aryl methyl sites for hydroxylation is 2. The molecule has 0 aliphatic carbocycles. The Labute approximate surface area is 177 Å².